The van der Waals surface area contributed by atoms with Crippen molar-refractivity contribution in [1.29, 1.82) is 0 Å². The number of carbonyl (C=O) groups is 1. The number of aryl methyl sites for hydroxylation is 2. The molecule has 1 aliphatic rings. The molecule has 0 atom stereocenters. The summed E-state index contributed by atoms with van der Waals surface area (Å²) in [4.78, 5) is 13.9. The molecule has 0 radical (unpaired) electrons. The van der Waals surface area contributed by atoms with Crippen LogP contribution in [-0.2, 0) is 24.7 Å². The summed E-state index contributed by atoms with van der Waals surface area (Å²) in [7, 11) is 1.98. The van der Waals surface area contributed by atoms with E-state index in [4.69, 9.17) is 0 Å². The monoisotopic (exact) mass is 412 g/mol. The van der Waals surface area contributed by atoms with Crippen molar-refractivity contribution in [3.63, 3.8) is 0 Å². The van der Waals surface area contributed by atoms with Crippen molar-refractivity contribution < 1.29 is 4.79 Å². The van der Waals surface area contributed by atoms with Crippen molar-refractivity contribution >= 4 is 34.7 Å². The first kappa shape index (κ1) is 19.2. The molecule has 0 aliphatic heterocycles. The summed E-state index contributed by atoms with van der Waals surface area (Å²) in [6.45, 7) is 4.07. The van der Waals surface area contributed by atoms with Crippen LogP contribution in [0.2, 0.25) is 0 Å². The van der Waals surface area contributed by atoms with Gasteiger partial charge in [-0.3, -0.25) is 4.79 Å². The maximum Gasteiger partial charge on any atom is 0.234 e. The van der Waals surface area contributed by atoms with Gasteiger partial charge in [-0.2, -0.15) is 0 Å². The van der Waals surface area contributed by atoms with Gasteiger partial charge < -0.3 is 9.88 Å². The summed E-state index contributed by atoms with van der Waals surface area (Å²) in [5, 5.41) is 14.7. The van der Waals surface area contributed by atoms with Gasteiger partial charge in [-0.05, 0) is 62.3 Å². The fraction of sp³-hybridized carbons (Fsp3) is 0.381. The maximum atomic E-state index is 12.4. The predicted molar refractivity (Wildman–Crippen MR) is 116 cm³/mol. The lowest BCUT2D eigenvalue weighted by atomic mass is 9.96. The van der Waals surface area contributed by atoms with E-state index in [9.17, 15) is 4.79 Å². The van der Waals surface area contributed by atoms with Crippen LogP contribution in [0.15, 0.2) is 28.7 Å². The first-order valence-corrected chi connectivity index (χ1v) is 11.4. The van der Waals surface area contributed by atoms with E-state index in [0.717, 1.165) is 28.7 Å². The Hall–Kier alpha value is -2.12. The van der Waals surface area contributed by atoms with E-state index >= 15 is 0 Å². The molecule has 0 saturated carbocycles. The smallest absolute Gasteiger partial charge is 0.234 e. The van der Waals surface area contributed by atoms with Crippen LogP contribution in [0.1, 0.15) is 34.4 Å². The van der Waals surface area contributed by atoms with Crippen LogP contribution in [0.4, 0.5) is 5.69 Å². The number of carbonyl (C=O) groups excluding carboxylic acids is 1. The van der Waals surface area contributed by atoms with Crippen molar-refractivity contribution in [2.75, 3.05) is 11.1 Å². The SMILES string of the molecule is Cc1cccc(NC(=O)CSc2nnc(-c3csc4c3CCCC4)n2C)c1C. The quantitative estimate of drug-likeness (QED) is 0.613. The largest absolute Gasteiger partial charge is 0.325 e. The number of amides is 1. The van der Waals surface area contributed by atoms with Crippen LogP contribution in [-0.4, -0.2) is 26.4 Å². The highest BCUT2D eigenvalue weighted by atomic mass is 32.2. The van der Waals surface area contributed by atoms with E-state index < -0.39 is 0 Å². The number of anilines is 1. The Balaban J connectivity index is 1.44. The highest BCUT2D eigenvalue weighted by Gasteiger charge is 2.21. The van der Waals surface area contributed by atoms with Gasteiger partial charge in [-0.1, -0.05) is 23.9 Å². The lowest BCUT2D eigenvalue weighted by molar-refractivity contribution is -0.113. The van der Waals surface area contributed by atoms with Gasteiger partial charge in [-0.15, -0.1) is 21.5 Å². The second-order valence-electron chi connectivity index (χ2n) is 7.21. The number of hydrogen-bond donors (Lipinski definition) is 1. The molecule has 0 unspecified atom stereocenters. The van der Waals surface area contributed by atoms with E-state index in [0.29, 0.717) is 5.75 Å². The number of nitrogens with one attached hydrogen (secondary N) is 1. The molecular weight excluding hydrogens is 388 g/mol. The van der Waals surface area contributed by atoms with Gasteiger partial charge in [-0.25, -0.2) is 0 Å². The van der Waals surface area contributed by atoms with E-state index in [1.165, 1.54) is 52.6 Å². The zero-order valence-electron chi connectivity index (χ0n) is 16.4. The summed E-state index contributed by atoms with van der Waals surface area (Å²) in [5.41, 5.74) is 5.79. The fourth-order valence-electron chi connectivity index (χ4n) is 3.56. The minimum atomic E-state index is -0.0313. The van der Waals surface area contributed by atoms with Crippen molar-refractivity contribution in [2.24, 2.45) is 7.05 Å². The van der Waals surface area contributed by atoms with Gasteiger partial charge in [0.2, 0.25) is 5.91 Å². The molecule has 1 aliphatic carbocycles. The standard InChI is InChI=1S/C21H24N4OS2/c1-13-7-6-9-17(14(13)2)22-19(26)12-28-21-24-23-20(25(21)3)16-11-27-18-10-5-4-8-15(16)18/h6-7,9,11H,4-5,8,10,12H2,1-3H3,(H,22,26). The third kappa shape index (κ3) is 3.73. The number of thiophene rings is 1. The van der Waals surface area contributed by atoms with E-state index in [-0.39, 0.29) is 5.91 Å². The molecule has 2 aromatic heterocycles. The summed E-state index contributed by atoms with van der Waals surface area (Å²) in [5.74, 6) is 1.18. The third-order valence-corrected chi connectivity index (χ3v) is 7.46. The van der Waals surface area contributed by atoms with Crippen LogP contribution < -0.4 is 5.32 Å². The Morgan fingerprint density at radius 1 is 1.25 bits per heavy atom. The Morgan fingerprint density at radius 2 is 2.07 bits per heavy atom. The van der Waals surface area contributed by atoms with E-state index in [2.05, 4.69) is 20.9 Å². The second kappa shape index (κ2) is 8.09. The number of fused-ring (bicyclic) bond motifs is 1. The second-order valence-corrected chi connectivity index (χ2v) is 9.11. The molecular formula is C21H24N4OS2. The van der Waals surface area contributed by atoms with Gasteiger partial charge in [0.1, 0.15) is 0 Å². The van der Waals surface area contributed by atoms with Crippen molar-refractivity contribution in [3.05, 3.63) is 45.1 Å². The maximum absolute atomic E-state index is 12.4. The highest BCUT2D eigenvalue weighted by Crippen LogP contribution is 2.36. The van der Waals surface area contributed by atoms with Crippen LogP contribution in [0.25, 0.3) is 11.4 Å². The van der Waals surface area contributed by atoms with Crippen molar-refractivity contribution in [2.45, 2.75) is 44.7 Å². The Bertz CT molecular complexity index is 1020. The number of nitrogens with zero attached hydrogens (tertiary/aromatic N) is 3. The number of benzene rings is 1. The summed E-state index contributed by atoms with van der Waals surface area (Å²) in [6, 6.07) is 5.94. The number of rotatable bonds is 5. The zero-order valence-corrected chi connectivity index (χ0v) is 18.0. The van der Waals surface area contributed by atoms with Crippen molar-refractivity contribution in [1.82, 2.24) is 14.8 Å². The molecule has 146 valence electrons. The molecule has 2 heterocycles. The Kier molecular flexibility index (Phi) is 5.55. The zero-order chi connectivity index (χ0) is 19.7. The van der Waals surface area contributed by atoms with Crippen LogP contribution in [0.3, 0.4) is 0 Å². The summed E-state index contributed by atoms with van der Waals surface area (Å²) >= 11 is 3.26. The molecule has 0 fully saturated rings. The average Bonchev–Trinajstić information content (AvgIpc) is 3.27. The lowest BCUT2D eigenvalue weighted by Crippen LogP contribution is -2.15. The van der Waals surface area contributed by atoms with E-state index in [1.807, 2.05) is 55.0 Å². The first-order chi connectivity index (χ1) is 13.5. The molecule has 0 spiro atoms. The molecule has 4 rings (SSSR count). The number of thioether (sulfide) groups is 1. The van der Waals surface area contributed by atoms with Crippen LogP contribution in [0.5, 0.6) is 0 Å². The number of hydrogen-bond acceptors (Lipinski definition) is 5. The molecule has 28 heavy (non-hydrogen) atoms. The average molecular weight is 413 g/mol. The summed E-state index contributed by atoms with van der Waals surface area (Å²) < 4.78 is 2.01. The van der Waals surface area contributed by atoms with Gasteiger partial charge in [0.25, 0.3) is 0 Å². The topological polar surface area (TPSA) is 59.8 Å². The number of aromatic nitrogens is 3. The molecule has 3 aromatic rings. The normalized spacial score (nSPS) is 13.4. The van der Waals surface area contributed by atoms with Gasteiger partial charge in [0, 0.05) is 28.6 Å². The highest BCUT2D eigenvalue weighted by molar-refractivity contribution is 7.99. The van der Waals surface area contributed by atoms with Gasteiger partial charge in [0.05, 0.1) is 5.75 Å². The molecule has 1 aromatic carbocycles. The third-order valence-electron chi connectivity index (χ3n) is 5.35. The summed E-state index contributed by atoms with van der Waals surface area (Å²) in [6.07, 6.45) is 4.83. The van der Waals surface area contributed by atoms with Crippen LogP contribution in [0, 0.1) is 13.8 Å². The Labute approximate surface area is 173 Å². The van der Waals surface area contributed by atoms with Gasteiger partial charge in [0.15, 0.2) is 11.0 Å². The molecule has 1 N–H and O–H groups in total. The fourth-order valence-corrected chi connectivity index (χ4v) is 5.39. The molecule has 1 amide bonds. The predicted octanol–water partition coefficient (Wildman–Crippen LogP) is 4.77. The minimum Gasteiger partial charge on any atom is -0.325 e. The molecule has 0 saturated heterocycles. The van der Waals surface area contributed by atoms with Gasteiger partial charge >= 0.3 is 0 Å². The molecule has 7 heteroatoms. The minimum absolute atomic E-state index is 0.0313. The van der Waals surface area contributed by atoms with Crippen molar-refractivity contribution in [3.8, 4) is 11.4 Å². The molecule has 0 bridgehead atoms. The Morgan fingerprint density at radius 3 is 2.93 bits per heavy atom. The molecule has 5 nitrogen and oxygen atoms in total. The lowest BCUT2D eigenvalue weighted by Gasteiger charge is -2.12. The van der Waals surface area contributed by atoms with E-state index in [1.54, 1.807) is 0 Å². The first-order valence-electron chi connectivity index (χ1n) is 9.52. The van der Waals surface area contributed by atoms with Crippen LogP contribution >= 0.6 is 23.1 Å².